The minimum atomic E-state index is -0.402. The smallest absolute Gasteiger partial charge is 0.317 e. The highest BCUT2D eigenvalue weighted by Gasteiger charge is 2.44. The number of carbonyl (C=O) groups excluding carboxylic acids is 1. The fraction of sp³-hybridized carbons (Fsp3) is 0.667. The Balaban J connectivity index is 1.56. The van der Waals surface area contributed by atoms with E-state index in [0.29, 0.717) is 38.8 Å². The molecule has 2 aliphatic heterocycles. The summed E-state index contributed by atoms with van der Waals surface area (Å²) in [4.78, 5) is 18.5. The van der Waals surface area contributed by atoms with Gasteiger partial charge in [-0.3, -0.25) is 0 Å². The molecule has 1 aromatic rings. The van der Waals surface area contributed by atoms with Crippen molar-refractivity contribution in [3.8, 4) is 0 Å². The van der Waals surface area contributed by atoms with Crippen LogP contribution in [0.15, 0.2) is 24.4 Å². The molecule has 3 heterocycles. The fourth-order valence-electron chi connectivity index (χ4n) is 3.41. The van der Waals surface area contributed by atoms with Gasteiger partial charge in [0, 0.05) is 31.2 Å². The summed E-state index contributed by atoms with van der Waals surface area (Å²) in [7, 11) is 0. The predicted molar refractivity (Wildman–Crippen MR) is 95.6 cm³/mol. The maximum Gasteiger partial charge on any atom is 0.317 e. The third-order valence-corrected chi connectivity index (χ3v) is 4.57. The standard InChI is InChI=1S/C18H28N4O3/c1-14(2)21-17(23)22-7-8-24-13-18(12-22)9-15(11-25-18)10-20-16-5-3-4-6-19-16/h3-6,14-15H,7-13H2,1-2H3,(H,19,20)(H,21,23). The maximum atomic E-state index is 12.4. The topological polar surface area (TPSA) is 75.7 Å². The normalized spacial score (nSPS) is 26.7. The van der Waals surface area contributed by atoms with Gasteiger partial charge in [-0.15, -0.1) is 0 Å². The van der Waals surface area contributed by atoms with Crippen molar-refractivity contribution >= 4 is 11.8 Å². The highest BCUT2D eigenvalue weighted by Crippen LogP contribution is 2.33. The SMILES string of the molecule is CC(C)NC(=O)N1CCOCC2(CC(CNc3ccccn3)CO2)C1. The van der Waals surface area contributed by atoms with Crippen LogP contribution in [-0.4, -0.2) is 67.0 Å². The summed E-state index contributed by atoms with van der Waals surface area (Å²) in [6.45, 7) is 7.67. The van der Waals surface area contributed by atoms with E-state index in [1.165, 1.54) is 0 Å². The van der Waals surface area contributed by atoms with Gasteiger partial charge < -0.3 is 25.0 Å². The van der Waals surface area contributed by atoms with Crippen LogP contribution in [0.1, 0.15) is 20.3 Å². The Bertz CT molecular complexity index is 569. The Morgan fingerprint density at radius 2 is 2.36 bits per heavy atom. The lowest BCUT2D eigenvalue weighted by Gasteiger charge is -2.31. The van der Waals surface area contributed by atoms with Crippen molar-refractivity contribution in [1.29, 1.82) is 0 Å². The molecule has 1 aromatic heterocycles. The van der Waals surface area contributed by atoms with Crippen LogP contribution in [-0.2, 0) is 9.47 Å². The monoisotopic (exact) mass is 348 g/mol. The molecular weight excluding hydrogens is 320 g/mol. The Kier molecular flexibility index (Phi) is 5.75. The lowest BCUT2D eigenvalue weighted by molar-refractivity contribution is -0.0530. The molecule has 2 amide bonds. The van der Waals surface area contributed by atoms with Crippen LogP contribution < -0.4 is 10.6 Å². The number of carbonyl (C=O) groups is 1. The van der Waals surface area contributed by atoms with E-state index in [1.54, 1.807) is 6.20 Å². The Hall–Kier alpha value is -1.86. The van der Waals surface area contributed by atoms with Crippen molar-refractivity contribution in [3.05, 3.63) is 24.4 Å². The molecule has 138 valence electrons. The van der Waals surface area contributed by atoms with Crippen LogP contribution in [0.4, 0.5) is 10.6 Å². The van der Waals surface area contributed by atoms with Crippen molar-refractivity contribution in [3.63, 3.8) is 0 Å². The number of ether oxygens (including phenoxy) is 2. The van der Waals surface area contributed by atoms with Crippen molar-refractivity contribution in [1.82, 2.24) is 15.2 Å². The fourth-order valence-corrected chi connectivity index (χ4v) is 3.41. The average Bonchev–Trinajstić information content (AvgIpc) is 2.86. The second-order valence-corrected chi connectivity index (χ2v) is 7.24. The third-order valence-electron chi connectivity index (χ3n) is 4.57. The Labute approximate surface area is 149 Å². The molecule has 25 heavy (non-hydrogen) atoms. The second kappa shape index (κ2) is 8.01. The van der Waals surface area contributed by atoms with Crippen LogP contribution in [0.25, 0.3) is 0 Å². The second-order valence-electron chi connectivity index (χ2n) is 7.24. The molecule has 0 aliphatic carbocycles. The summed E-state index contributed by atoms with van der Waals surface area (Å²) in [5.41, 5.74) is -0.402. The largest absolute Gasteiger partial charge is 0.377 e. The Morgan fingerprint density at radius 3 is 3.12 bits per heavy atom. The van der Waals surface area contributed by atoms with Gasteiger partial charge in [-0.2, -0.15) is 0 Å². The van der Waals surface area contributed by atoms with Crippen LogP contribution in [0, 0.1) is 5.92 Å². The van der Waals surface area contributed by atoms with Gasteiger partial charge in [0.1, 0.15) is 11.4 Å². The predicted octanol–water partition coefficient (Wildman–Crippen LogP) is 1.72. The molecular formula is C18H28N4O3. The minimum absolute atomic E-state index is 0.0430. The lowest BCUT2D eigenvalue weighted by atomic mass is 9.94. The van der Waals surface area contributed by atoms with Crippen molar-refractivity contribution in [2.24, 2.45) is 5.92 Å². The van der Waals surface area contributed by atoms with Crippen LogP contribution >= 0.6 is 0 Å². The maximum absolute atomic E-state index is 12.4. The molecule has 0 saturated carbocycles. The molecule has 2 N–H and O–H groups in total. The number of nitrogens with one attached hydrogen (secondary N) is 2. The molecule has 3 rings (SSSR count). The zero-order valence-electron chi connectivity index (χ0n) is 15.0. The summed E-state index contributed by atoms with van der Waals surface area (Å²) >= 11 is 0. The first-order chi connectivity index (χ1) is 12.1. The quantitative estimate of drug-likeness (QED) is 0.866. The van der Waals surface area contributed by atoms with E-state index >= 15 is 0 Å². The zero-order valence-corrected chi connectivity index (χ0v) is 15.0. The third kappa shape index (κ3) is 4.83. The summed E-state index contributed by atoms with van der Waals surface area (Å²) in [5.74, 6) is 1.25. The van der Waals surface area contributed by atoms with E-state index in [2.05, 4.69) is 15.6 Å². The van der Waals surface area contributed by atoms with Gasteiger partial charge in [0.25, 0.3) is 0 Å². The van der Waals surface area contributed by atoms with E-state index in [4.69, 9.17) is 9.47 Å². The van der Waals surface area contributed by atoms with Crippen molar-refractivity contribution < 1.29 is 14.3 Å². The minimum Gasteiger partial charge on any atom is -0.377 e. The first kappa shape index (κ1) is 17.9. The van der Waals surface area contributed by atoms with Gasteiger partial charge in [-0.25, -0.2) is 9.78 Å². The number of hydrogen-bond donors (Lipinski definition) is 2. The summed E-state index contributed by atoms with van der Waals surface area (Å²) < 4.78 is 11.9. The number of aromatic nitrogens is 1. The molecule has 2 saturated heterocycles. The highest BCUT2D eigenvalue weighted by atomic mass is 16.5. The first-order valence-corrected chi connectivity index (χ1v) is 8.98. The molecule has 2 aliphatic rings. The Morgan fingerprint density at radius 1 is 1.48 bits per heavy atom. The van der Waals surface area contributed by atoms with Crippen molar-refractivity contribution in [2.45, 2.75) is 31.9 Å². The average molecular weight is 348 g/mol. The molecule has 1 spiro atoms. The van der Waals surface area contributed by atoms with Crippen LogP contribution in [0.3, 0.4) is 0 Å². The number of urea groups is 1. The number of nitrogens with zero attached hydrogens (tertiary/aromatic N) is 2. The molecule has 7 nitrogen and oxygen atoms in total. The van der Waals surface area contributed by atoms with Gasteiger partial charge in [0.2, 0.25) is 0 Å². The zero-order chi connectivity index (χ0) is 17.7. The number of anilines is 1. The lowest BCUT2D eigenvalue weighted by Crippen LogP contribution is -2.50. The molecule has 0 radical (unpaired) electrons. The van der Waals surface area contributed by atoms with E-state index in [0.717, 1.165) is 18.8 Å². The van der Waals surface area contributed by atoms with E-state index in [-0.39, 0.29) is 12.1 Å². The van der Waals surface area contributed by atoms with Gasteiger partial charge in [0.15, 0.2) is 0 Å². The first-order valence-electron chi connectivity index (χ1n) is 8.98. The molecule has 0 bridgehead atoms. The number of amides is 2. The number of pyridine rings is 1. The van der Waals surface area contributed by atoms with Gasteiger partial charge in [0.05, 0.1) is 26.4 Å². The van der Waals surface area contributed by atoms with E-state index < -0.39 is 5.60 Å². The molecule has 2 unspecified atom stereocenters. The van der Waals surface area contributed by atoms with Crippen molar-refractivity contribution in [2.75, 3.05) is 44.8 Å². The van der Waals surface area contributed by atoms with Gasteiger partial charge >= 0.3 is 6.03 Å². The summed E-state index contributed by atoms with van der Waals surface area (Å²) in [6.07, 6.45) is 2.65. The molecule has 7 heteroatoms. The molecule has 2 atom stereocenters. The summed E-state index contributed by atoms with van der Waals surface area (Å²) in [6, 6.07) is 5.90. The van der Waals surface area contributed by atoms with Gasteiger partial charge in [-0.05, 0) is 32.4 Å². The van der Waals surface area contributed by atoms with Crippen LogP contribution in [0.2, 0.25) is 0 Å². The van der Waals surface area contributed by atoms with Gasteiger partial charge in [-0.1, -0.05) is 6.07 Å². The number of hydrogen-bond acceptors (Lipinski definition) is 5. The van der Waals surface area contributed by atoms with E-state index in [9.17, 15) is 4.79 Å². The molecule has 2 fully saturated rings. The van der Waals surface area contributed by atoms with E-state index in [1.807, 2.05) is 36.9 Å². The highest BCUT2D eigenvalue weighted by molar-refractivity contribution is 5.74. The summed E-state index contributed by atoms with van der Waals surface area (Å²) in [5, 5.41) is 6.32. The number of rotatable bonds is 4. The molecule has 0 aromatic carbocycles. The van der Waals surface area contributed by atoms with Crippen LogP contribution in [0.5, 0.6) is 0 Å².